The topological polar surface area (TPSA) is 84.4 Å². The first kappa shape index (κ1) is 72.2. The molecular weight excluding hydrogens is 1530 g/mol. The number of furan rings is 1. The van der Waals surface area contributed by atoms with E-state index < -0.39 is 0 Å². The molecule has 0 amide bonds. The lowest BCUT2D eigenvalue weighted by molar-refractivity contribution is 0.590. The van der Waals surface area contributed by atoms with Crippen molar-refractivity contribution in [1.29, 1.82) is 0 Å². The fourth-order valence-electron chi connectivity index (χ4n) is 19.0. The number of para-hydroxylation sites is 6. The molecular formula is C114H76N8OS. The van der Waals surface area contributed by atoms with Crippen LogP contribution >= 0.6 is 11.3 Å². The Hall–Kier alpha value is -15.9. The summed E-state index contributed by atoms with van der Waals surface area (Å²) < 4.78 is 18.2. The molecule has 0 N–H and O–H groups in total. The second-order valence-electron chi connectivity index (χ2n) is 33.3. The summed E-state index contributed by atoms with van der Waals surface area (Å²) in [4.78, 5) is 20.3. The molecule has 0 fully saturated rings. The molecule has 0 unspecified atom stereocenters. The van der Waals surface area contributed by atoms with Gasteiger partial charge in [0.2, 0.25) is 11.9 Å². The third kappa shape index (κ3) is 12.0. The molecule has 0 aliphatic heterocycles. The summed E-state index contributed by atoms with van der Waals surface area (Å²) in [7, 11) is 0. The van der Waals surface area contributed by atoms with Gasteiger partial charge in [0.25, 0.3) is 0 Å². The van der Waals surface area contributed by atoms with E-state index in [2.05, 4.69) is 409 Å². The van der Waals surface area contributed by atoms with E-state index in [4.69, 9.17) is 24.4 Å². The molecule has 0 atom stereocenters. The van der Waals surface area contributed by atoms with Crippen molar-refractivity contribution in [2.75, 3.05) is 0 Å². The highest BCUT2D eigenvalue weighted by Gasteiger charge is 2.24. The largest absolute Gasteiger partial charge is 0.455 e. The van der Waals surface area contributed by atoms with Crippen LogP contribution < -0.4 is 0 Å². The number of hydrogen-bond donors (Lipinski definition) is 0. The zero-order valence-corrected chi connectivity index (χ0v) is 68.9. The Balaban J connectivity index is 0.000000139. The molecule has 9 nitrogen and oxygen atoms in total. The summed E-state index contributed by atoms with van der Waals surface area (Å²) in [6.45, 7) is 6.78. The molecule has 8 aromatic heterocycles. The van der Waals surface area contributed by atoms with Gasteiger partial charge in [0.05, 0.1) is 55.5 Å². The van der Waals surface area contributed by atoms with E-state index in [1.165, 1.54) is 114 Å². The fourth-order valence-corrected chi connectivity index (χ4v) is 20.3. The molecule has 124 heavy (non-hydrogen) atoms. The van der Waals surface area contributed by atoms with Gasteiger partial charge >= 0.3 is 0 Å². The average molecular weight is 1610 g/mol. The van der Waals surface area contributed by atoms with Crippen molar-refractivity contribution >= 4 is 141 Å². The summed E-state index contributed by atoms with van der Waals surface area (Å²) in [6, 6.07) is 142. The van der Waals surface area contributed by atoms with Gasteiger partial charge in [-0.15, -0.1) is 11.3 Å². The van der Waals surface area contributed by atoms with Gasteiger partial charge < -0.3 is 13.6 Å². The zero-order valence-electron chi connectivity index (χ0n) is 68.1. The number of rotatable bonds is 11. The summed E-state index contributed by atoms with van der Waals surface area (Å²) >= 11 is 1.86. The highest BCUT2D eigenvalue weighted by atomic mass is 32.1. The van der Waals surface area contributed by atoms with E-state index >= 15 is 0 Å². The lowest BCUT2D eigenvalue weighted by Crippen LogP contribution is -2.10. The van der Waals surface area contributed by atoms with Crippen LogP contribution in [0.2, 0.25) is 0 Å². The first-order valence-electron chi connectivity index (χ1n) is 42.2. The quantitative estimate of drug-likeness (QED) is 0.129. The first-order chi connectivity index (χ1) is 61.1. The number of thiophene rings is 1. The molecule has 25 aromatic rings. The van der Waals surface area contributed by atoms with E-state index in [1.54, 1.807) is 0 Å². The minimum atomic E-state index is 0.0969. The van der Waals surface area contributed by atoms with Gasteiger partial charge in [-0.05, 0) is 195 Å². The Morgan fingerprint density at radius 1 is 0.250 bits per heavy atom. The molecule has 25 rings (SSSR count). The monoisotopic (exact) mass is 1600 g/mol. The summed E-state index contributed by atoms with van der Waals surface area (Å²) in [5.41, 5.74) is 30.0. The number of aromatic nitrogens is 8. The molecule has 584 valence electrons. The van der Waals surface area contributed by atoms with Crippen LogP contribution in [0.25, 0.3) is 231 Å². The van der Waals surface area contributed by atoms with Crippen molar-refractivity contribution in [3.05, 3.63) is 412 Å². The van der Waals surface area contributed by atoms with Crippen LogP contribution in [0.3, 0.4) is 0 Å². The van der Waals surface area contributed by atoms with Crippen LogP contribution in [-0.4, -0.2) is 38.2 Å². The number of fused-ring (bicyclic) bond motifs is 18. The molecule has 8 heterocycles. The van der Waals surface area contributed by atoms with Crippen LogP contribution in [0.4, 0.5) is 0 Å². The third-order valence-corrected chi connectivity index (χ3v) is 26.2. The number of benzene rings is 17. The minimum Gasteiger partial charge on any atom is -0.455 e. The van der Waals surface area contributed by atoms with Crippen LogP contribution in [0.15, 0.2) is 411 Å². The normalized spacial score (nSPS) is 12.0. The van der Waals surface area contributed by atoms with E-state index in [1.807, 2.05) is 48.0 Å². The summed E-state index contributed by atoms with van der Waals surface area (Å²) in [5.74, 6) is 1.28. The van der Waals surface area contributed by atoms with Crippen LogP contribution in [0, 0.1) is 0 Å². The van der Waals surface area contributed by atoms with Gasteiger partial charge in [0, 0.05) is 114 Å². The van der Waals surface area contributed by atoms with Gasteiger partial charge in [0.15, 0.2) is 0 Å². The highest BCUT2D eigenvalue weighted by molar-refractivity contribution is 7.26. The summed E-state index contributed by atoms with van der Waals surface area (Å²) in [5, 5.41) is 14.4. The predicted molar refractivity (Wildman–Crippen MR) is 518 cm³/mol. The molecule has 17 aromatic carbocycles. The van der Waals surface area contributed by atoms with Gasteiger partial charge in [-0.3, -0.25) is 9.13 Å². The van der Waals surface area contributed by atoms with E-state index in [0.29, 0.717) is 11.9 Å². The SMILES string of the molecule is CC(C)(C)c1ccc(-n2c3ccccc3c3cc(-c4ccc5c(c4)c4ccccc4n5-c4nccc(-c5cccc(-c6cccc7c6oc6ccccc67)c5)n4)ccc32)cc1.c1ccc(-c2ccc(-n3c4ccccc4c4cc(-c5ccc6c(c5)c5ccccc5n6-c5nccc(-c6cccc(-c7cccc8c7sc7ccccc78)c6)n5)ccc43)cc2)cc1. The zero-order chi connectivity index (χ0) is 82.3. The van der Waals surface area contributed by atoms with Crippen molar-refractivity contribution in [3.8, 4) is 101 Å². The summed E-state index contributed by atoms with van der Waals surface area (Å²) in [6.07, 6.45) is 3.75. The predicted octanol–water partition coefficient (Wildman–Crippen LogP) is 30.6. The number of nitrogens with zero attached hydrogens (tertiary/aromatic N) is 8. The fraction of sp³-hybridized carbons (Fsp3) is 0.0351. The third-order valence-electron chi connectivity index (χ3n) is 25.0. The van der Waals surface area contributed by atoms with Gasteiger partial charge in [-0.25, -0.2) is 19.9 Å². The second kappa shape index (κ2) is 29.0. The van der Waals surface area contributed by atoms with Crippen molar-refractivity contribution < 1.29 is 4.42 Å². The molecule has 10 heteroatoms. The van der Waals surface area contributed by atoms with Gasteiger partial charge in [-0.1, -0.05) is 282 Å². The smallest absolute Gasteiger partial charge is 0.235 e. The Labute approximate surface area is 718 Å². The van der Waals surface area contributed by atoms with E-state index in [0.717, 1.165) is 111 Å². The van der Waals surface area contributed by atoms with E-state index in [-0.39, 0.29) is 5.41 Å². The molecule has 0 bridgehead atoms. The van der Waals surface area contributed by atoms with Crippen LogP contribution in [0.5, 0.6) is 0 Å². The standard InChI is InChI=1S/C58H36N4S.C56H40N4O/c1-2-12-37(13-3-1)38-24-28-43(29-25-38)61-52-21-7-4-16-45(52)49-35-39(26-30-54(49)61)40-27-31-55-50(36-40)46-17-5-8-22-53(46)62(55)58-59-33-32-51(60-58)42-15-10-14-41(34-42)44-19-11-20-48-47-18-6-9-23-56(47)63-57(44)48;1-56(2,3)39-24-26-40(27-25-39)59-49-19-7-4-14-42(49)46-33-35(22-28-51(46)59)36-23-29-52-47(34-36)43-15-5-8-20-50(43)60(52)55-57-31-30-48(58-55)38-13-10-12-37(32-38)41-17-11-18-45-44-16-6-9-21-53(44)61-54(41)45/h1-36H;4-34H,1-3H3. The maximum absolute atomic E-state index is 6.41. The van der Waals surface area contributed by atoms with Crippen LogP contribution in [-0.2, 0) is 5.41 Å². The van der Waals surface area contributed by atoms with Crippen molar-refractivity contribution in [2.24, 2.45) is 0 Å². The minimum absolute atomic E-state index is 0.0969. The van der Waals surface area contributed by atoms with Crippen molar-refractivity contribution in [3.63, 3.8) is 0 Å². The van der Waals surface area contributed by atoms with Gasteiger partial charge in [-0.2, -0.15) is 0 Å². The highest BCUT2D eigenvalue weighted by Crippen LogP contribution is 2.46. The van der Waals surface area contributed by atoms with E-state index in [9.17, 15) is 0 Å². The molecule has 0 saturated heterocycles. The molecule has 0 aliphatic carbocycles. The Morgan fingerprint density at radius 2 is 0.613 bits per heavy atom. The Morgan fingerprint density at radius 3 is 1.12 bits per heavy atom. The van der Waals surface area contributed by atoms with Crippen molar-refractivity contribution in [2.45, 2.75) is 26.2 Å². The van der Waals surface area contributed by atoms with Gasteiger partial charge in [0.1, 0.15) is 11.2 Å². The lowest BCUT2D eigenvalue weighted by Gasteiger charge is -2.19. The number of hydrogen-bond acceptors (Lipinski definition) is 6. The molecule has 0 aliphatic rings. The Kier molecular flexibility index (Phi) is 16.8. The Bertz CT molecular complexity index is 8610. The molecule has 0 saturated carbocycles. The first-order valence-corrected chi connectivity index (χ1v) is 43.0. The maximum Gasteiger partial charge on any atom is 0.235 e. The van der Waals surface area contributed by atoms with Crippen molar-refractivity contribution in [1.82, 2.24) is 38.2 Å². The average Bonchev–Trinajstić information content (AvgIpc) is 1.59. The molecule has 0 radical (unpaired) electrons. The molecule has 0 spiro atoms. The second-order valence-corrected chi connectivity index (χ2v) is 34.3. The maximum atomic E-state index is 6.41. The lowest BCUT2D eigenvalue weighted by atomic mass is 9.87. The van der Waals surface area contributed by atoms with Crippen LogP contribution in [0.1, 0.15) is 26.3 Å².